The number of esters is 1. The first-order valence-corrected chi connectivity index (χ1v) is 31.7. The predicted molar refractivity (Wildman–Crippen MR) is 330 cm³/mol. The number of unbranched alkanes of at least 4 members (excludes halogenated alkanes) is 1. The van der Waals surface area contributed by atoms with Crippen LogP contribution in [0.25, 0.3) is 20.9 Å². The number of hydrogen-bond acceptors (Lipinski definition) is 16. The number of azide groups is 1. The number of nitrogens with one attached hydrogen (secondary N) is 4. The molecule has 2 aliphatic rings. The molecule has 2 saturated heterocycles. The Morgan fingerprint density at radius 2 is 1.61 bits per heavy atom. The minimum Gasteiger partial charge on any atom is -0.489 e. The Morgan fingerprint density at radius 3 is 2.27 bits per heavy atom. The lowest BCUT2D eigenvalue weighted by Crippen LogP contribution is -2.57. The number of likely N-dealkylation sites (tertiary alicyclic amines) is 2. The summed E-state index contributed by atoms with van der Waals surface area (Å²) < 4.78 is 38.5. The van der Waals surface area contributed by atoms with Crippen LogP contribution in [0.5, 0.6) is 5.75 Å². The Morgan fingerprint density at radius 1 is 0.894 bits per heavy atom. The molecule has 4 atom stereocenters. The highest BCUT2D eigenvalue weighted by Gasteiger charge is 2.46. The van der Waals surface area contributed by atoms with Gasteiger partial charge >= 0.3 is 5.97 Å². The summed E-state index contributed by atoms with van der Waals surface area (Å²) >= 11 is 8.09. The van der Waals surface area contributed by atoms with Gasteiger partial charge in [0.1, 0.15) is 29.0 Å². The van der Waals surface area contributed by atoms with Gasteiger partial charge in [-0.3, -0.25) is 24.0 Å². The van der Waals surface area contributed by atoms with E-state index in [2.05, 4.69) is 46.2 Å². The predicted octanol–water partition coefficient (Wildman–Crippen LogP) is 11.6. The molecule has 4 N–H and O–H groups in total. The van der Waals surface area contributed by atoms with Crippen molar-refractivity contribution in [1.82, 2.24) is 35.4 Å². The van der Waals surface area contributed by atoms with Crippen molar-refractivity contribution in [2.75, 3.05) is 36.8 Å². The number of piperidine rings is 1. The van der Waals surface area contributed by atoms with Crippen molar-refractivity contribution in [2.45, 2.75) is 173 Å². The molecule has 0 bridgehead atoms. The van der Waals surface area contributed by atoms with E-state index in [1.165, 1.54) is 11.1 Å². The molecule has 4 amide bonds. The minimum atomic E-state index is -3.63. The van der Waals surface area contributed by atoms with Crippen LogP contribution in [0.4, 0.5) is 23.1 Å². The molecule has 4 heterocycles. The van der Waals surface area contributed by atoms with E-state index >= 15 is 0 Å². The van der Waals surface area contributed by atoms with E-state index < -0.39 is 68.4 Å². The third kappa shape index (κ3) is 17.2. The fraction of sp³-hybridized carbons (Fsp3) is 0.508. The summed E-state index contributed by atoms with van der Waals surface area (Å²) in [6.45, 7) is 19.6. The monoisotopic (exact) mass is 1220 g/mol. The molecule has 0 spiro atoms. The third-order valence-electron chi connectivity index (χ3n) is 15.2. The Labute approximate surface area is 507 Å². The number of thiazole rings is 1. The second kappa shape index (κ2) is 29.2. The van der Waals surface area contributed by atoms with Crippen LogP contribution in [0.2, 0.25) is 5.02 Å². The normalized spacial score (nSPS) is 16.3. The van der Waals surface area contributed by atoms with Gasteiger partial charge in [0.05, 0.1) is 62.5 Å². The maximum absolute atomic E-state index is 14.7. The zero-order chi connectivity index (χ0) is 61.8. The fourth-order valence-electron chi connectivity index (χ4n) is 10.5. The molecule has 0 radical (unpaired) electrons. The first-order valence-electron chi connectivity index (χ1n) is 28.9. The van der Waals surface area contributed by atoms with Gasteiger partial charge in [-0.1, -0.05) is 73.9 Å². The summed E-state index contributed by atoms with van der Waals surface area (Å²) in [5.74, 6) is -0.777. The van der Waals surface area contributed by atoms with Crippen molar-refractivity contribution in [3.8, 4) is 16.2 Å². The van der Waals surface area contributed by atoms with Gasteiger partial charge in [-0.25, -0.2) is 18.4 Å². The Bertz CT molecular complexity index is 3360. The van der Waals surface area contributed by atoms with Crippen LogP contribution in [0.3, 0.4) is 0 Å². The second-order valence-corrected chi connectivity index (χ2v) is 27.1. The molecule has 21 nitrogen and oxygen atoms in total. The summed E-state index contributed by atoms with van der Waals surface area (Å²) in [7, 11) is -3.63. The number of rotatable bonds is 25. The number of carbonyl (C=O) groups is 5. The lowest BCUT2D eigenvalue weighted by Gasteiger charge is -2.35. The molecule has 3 aromatic carbocycles. The van der Waals surface area contributed by atoms with Crippen molar-refractivity contribution >= 4 is 85.5 Å². The first-order chi connectivity index (χ1) is 40.3. The number of nitrogens with zero attached hydrogens (tertiary/aromatic N) is 8. The first kappa shape index (κ1) is 65.2. The van der Waals surface area contributed by atoms with Crippen LogP contribution in [-0.4, -0.2) is 118 Å². The van der Waals surface area contributed by atoms with Crippen molar-refractivity contribution in [3.63, 3.8) is 0 Å². The van der Waals surface area contributed by atoms with Crippen molar-refractivity contribution < 1.29 is 41.9 Å². The molecule has 5 aromatic rings. The van der Waals surface area contributed by atoms with E-state index in [0.717, 1.165) is 32.8 Å². The van der Waals surface area contributed by atoms with Crippen molar-refractivity contribution in [3.05, 3.63) is 110 Å². The van der Waals surface area contributed by atoms with E-state index in [0.29, 0.717) is 55.9 Å². The molecule has 85 heavy (non-hydrogen) atoms. The van der Waals surface area contributed by atoms with E-state index in [1.807, 2.05) is 96.7 Å². The van der Waals surface area contributed by atoms with Crippen LogP contribution >= 0.6 is 22.9 Å². The molecule has 24 heteroatoms. The zero-order valence-electron chi connectivity index (χ0n) is 50.1. The van der Waals surface area contributed by atoms with Gasteiger partial charge in [0.15, 0.2) is 15.7 Å². The van der Waals surface area contributed by atoms with Gasteiger partial charge in [-0.15, -0.1) is 11.3 Å². The smallest absolute Gasteiger partial charge is 0.306 e. The zero-order valence-corrected chi connectivity index (χ0v) is 52.5. The molecular formula is C61H79ClN12O9S2. The van der Waals surface area contributed by atoms with E-state index in [4.69, 9.17) is 26.6 Å². The molecule has 2 aromatic heterocycles. The Kier molecular flexibility index (Phi) is 22.4. The lowest BCUT2D eigenvalue weighted by molar-refractivity contribution is -0.149. The number of aryl methyl sites for hydroxylation is 2. The second-order valence-electron chi connectivity index (χ2n) is 23.4. The summed E-state index contributed by atoms with van der Waals surface area (Å²) in [4.78, 5) is 90.0. The Hall–Kier alpha value is -7.33. The molecule has 0 aliphatic carbocycles. The minimum absolute atomic E-state index is 0.0154. The lowest BCUT2D eigenvalue weighted by atomic mass is 9.85. The van der Waals surface area contributed by atoms with Crippen LogP contribution in [0.15, 0.2) is 82.4 Å². The number of hydrogen-bond donors (Lipinski definition) is 4. The number of para-hydroxylation sites is 1. The van der Waals surface area contributed by atoms with Gasteiger partial charge in [0.25, 0.3) is 0 Å². The molecule has 7 rings (SSSR count). The van der Waals surface area contributed by atoms with Gasteiger partial charge < -0.3 is 40.5 Å². The van der Waals surface area contributed by atoms with Crippen LogP contribution in [0.1, 0.15) is 148 Å². The standard InChI is InChI=1S/C61H79ClN12O9S2/c1-36(2)82-50-32-45(38(5)30-48(50)69-60-64-33-46(62)57(71-60)68-47-16-11-12-17-51(47)85(80,81)37(3)4)42-25-28-73(29-26-42)53(76)19-15-18-52(75)70-56(61(8,9)10)59(79)74-34-44(83-54(77)20-13-14-27-66-72-63)31-49(74)58(78)67-39(6)41-21-23-43(24-22-41)55-40(7)65-35-84-55/h11-12,16-17,21-24,30,32-33,35-37,39,42,44,49,56H,13-15,18-20,25-29,31,34H2,1-10H3,(H,67,78)(H,70,75)(H2,64,68,69,71)/t39-,44?,49?,56?/m0/s1. The van der Waals surface area contributed by atoms with Crippen LogP contribution < -0.4 is 26.0 Å². The highest BCUT2D eigenvalue weighted by molar-refractivity contribution is 7.92. The number of anilines is 4. The highest BCUT2D eigenvalue weighted by Crippen LogP contribution is 2.39. The van der Waals surface area contributed by atoms with Crippen molar-refractivity contribution in [2.24, 2.45) is 10.5 Å². The summed E-state index contributed by atoms with van der Waals surface area (Å²) in [5.41, 5.74) is 15.4. The molecule has 3 unspecified atom stereocenters. The van der Waals surface area contributed by atoms with Crippen molar-refractivity contribution in [1.29, 1.82) is 0 Å². The quantitative estimate of drug-likeness (QED) is 0.0139. The molecule has 456 valence electrons. The summed E-state index contributed by atoms with van der Waals surface area (Å²) in [5, 5.41) is 15.5. The molecule has 2 aliphatic heterocycles. The largest absolute Gasteiger partial charge is 0.489 e. The van der Waals surface area contributed by atoms with Crippen LogP contribution in [-0.2, 0) is 38.5 Å². The molecular weight excluding hydrogens is 1140 g/mol. The molecule has 2 fully saturated rings. The maximum atomic E-state index is 14.7. The number of carbonyl (C=O) groups excluding carboxylic acids is 5. The number of aromatic nitrogens is 3. The topological polar surface area (TPSA) is 280 Å². The van der Waals surface area contributed by atoms with E-state index in [-0.39, 0.29) is 84.8 Å². The summed E-state index contributed by atoms with van der Waals surface area (Å²) in [6, 6.07) is 15.9. The van der Waals surface area contributed by atoms with Crippen LogP contribution in [0, 0.1) is 19.3 Å². The third-order valence-corrected chi connectivity index (χ3v) is 18.6. The average Bonchev–Trinajstić information content (AvgIpc) is 3.05. The van der Waals surface area contributed by atoms with Gasteiger partial charge in [0, 0.05) is 50.2 Å². The number of amides is 4. The fourth-order valence-corrected chi connectivity index (χ4v) is 12.6. The van der Waals surface area contributed by atoms with Gasteiger partial charge in [-0.2, -0.15) is 4.98 Å². The maximum Gasteiger partial charge on any atom is 0.306 e. The Balaban J connectivity index is 0.950. The number of halogens is 1. The van der Waals surface area contributed by atoms with Gasteiger partial charge in [0.2, 0.25) is 29.6 Å². The molecule has 0 saturated carbocycles. The SMILES string of the molecule is Cc1cc(Nc2ncc(Cl)c(Nc3ccccc3S(=O)(=O)C(C)C)n2)c(OC(C)C)cc1C1CCN(C(=O)CCCC(=O)NC(C(=O)N2CC(OC(=O)CCCCN=[N+]=[N-])CC2C(=O)N[C@@H](C)c2ccc(-c3scnc3C)cc2)C(C)(C)C)CC1. The average molecular weight is 1220 g/mol. The van der Waals surface area contributed by atoms with E-state index in [9.17, 15) is 32.4 Å². The number of ether oxygens (including phenoxy) is 2. The number of benzene rings is 3. The highest BCUT2D eigenvalue weighted by atomic mass is 35.5. The summed E-state index contributed by atoms with van der Waals surface area (Å²) in [6.07, 6.45) is 3.29. The van der Waals surface area contributed by atoms with E-state index in [1.54, 1.807) is 55.0 Å². The number of sulfone groups is 1. The van der Waals surface area contributed by atoms with Gasteiger partial charge in [-0.05, 0) is 144 Å².